The van der Waals surface area contributed by atoms with Crippen molar-refractivity contribution in [3.8, 4) is 0 Å². The van der Waals surface area contributed by atoms with Crippen LogP contribution in [0.15, 0.2) is 41.8 Å². The molecule has 8 heteroatoms. The van der Waals surface area contributed by atoms with Crippen LogP contribution in [0.5, 0.6) is 0 Å². The number of fused-ring (bicyclic) bond motifs is 1. The van der Waals surface area contributed by atoms with E-state index in [0.717, 1.165) is 54.1 Å². The normalized spacial score (nSPS) is 17.7. The Morgan fingerprint density at radius 1 is 1.32 bits per heavy atom. The molecule has 4 rings (SSSR count). The van der Waals surface area contributed by atoms with E-state index in [2.05, 4.69) is 30.4 Å². The van der Waals surface area contributed by atoms with Gasteiger partial charge in [0.25, 0.3) is 5.91 Å². The van der Waals surface area contributed by atoms with Gasteiger partial charge in [-0.1, -0.05) is 30.0 Å². The number of para-hydroxylation sites is 1. The van der Waals surface area contributed by atoms with Crippen molar-refractivity contribution in [3.05, 3.63) is 47.9 Å². The maximum atomic E-state index is 12.6. The van der Waals surface area contributed by atoms with Crippen molar-refractivity contribution < 1.29 is 4.79 Å². The maximum absolute atomic E-state index is 12.6. The lowest BCUT2D eigenvalue weighted by atomic mass is 9.97. The van der Waals surface area contributed by atoms with Gasteiger partial charge in [-0.3, -0.25) is 14.8 Å². The number of thioether (sulfide) groups is 1. The number of rotatable bonds is 6. The molecule has 3 heterocycles. The Hall–Kier alpha value is -2.45. The van der Waals surface area contributed by atoms with Crippen LogP contribution in [0.3, 0.4) is 0 Å². The summed E-state index contributed by atoms with van der Waals surface area (Å²) in [5, 5.41) is 11.8. The average Bonchev–Trinajstić information content (AvgIpc) is 3.17. The molecule has 0 spiro atoms. The molecule has 0 unspecified atom stereocenters. The molecule has 2 aromatic heterocycles. The Labute approximate surface area is 168 Å². The highest BCUT2D eigenvalue weighted by atomic mass is 32.2. The van der Waals surface area contributed by atoms with E-state index < -0.39 is 0 Å². The van der Waals surface area contributed by atoms with Gasteiger partial charge in [-0.25, -0.2) is 9.97 Å². The van der Waals surface area contributed by atoms with Crippen molar-refractivity contribution in [2.45, 2.75) is 24.5 Å². The molecule has 0 radical (unpaired) electrons. The number of nitrogens with zero attached hydrogens (tertiary/aromatic N) is 4. The molecule has 1 aliphatic rings. The lowest BCUT2D eigenvalue weighted by molar-refractivity contribution is 0.0927. The van der Waals surface area contributed by atoms with E-state index >= 15 is 0 Å². The second-order valence-electron chi connectivity index (χ2n) is 7.15. The van der Waals surface area contributed by atoms with Gasteiger partial charge in [-0.2, -0.15) is 5.10 Å². The summed E-state index contributed by atoms with van der Waals surface area (Å²) in [5.41, 5.74) is 2.48. The summed E-state index contributed by atoms with van der Waals surface area (Å²) in [6, 6.07) is 7.69. The molecule has 1 atom stereocenters. The van der Waals surface area contributed by atoms with E-state index in [1.54, 1.807) is 11.8 Å². The van der Waals surface area contributed by atoms with Gasteiger partial charge in [0.15, 0.2) is 10.9 Å². The molecular weight excluding hydrogens is 372 g/mol. The van der Waals surface area contributed by atoms with Crippen molar-refractivity contribution >= 4 is 28.6 Å². The summed E-state index contributed by atoms with van der Waals surface area (Å²) in [4.78, 5) is 23.7. The van der Waals surface area contributed by atoms with Gasteiger partial charge in [0.1, 0.15) is 0 Å². The first kappa shape index (κ1) is 18.9. The van der Waals surface area contributed by atoms with Crippen molar-refractivity contribution in [1.82, 2.24) is 30.4 Å². The van der Waals surface area contributed by atoms with E-state index in [1.165, 1.54) is 0 Å². The second kappa shape index (κ2) is 8.70. The minimum absolute atomic E-state index is 0.115. The lowest BCUT2D eigenvalue weighted by Gasteiger charge is -2.32. The van der Waals surface area contributed by atoms with Gasteiger partial charge < -0.3 is 5.32 Å². The van der Waals surface area contributed by atoms with Crippen LogP contribution in [0.4, 0.5) is 0 Å². The largest absolute Gasteiger partial charge is 0.350 e. The van der Waals surface area contributed by atoms with Crippen LogP contribution in [0.1, 0.15) is 28.9 Å². The minimum atomic E-state index is -0.115. The zero-order valence-electron chi connectivity index (χ0n) is 15.9. The Balaban J connectivity index is 1.31. The van der Waals surface area contributed by atoms with Gasteiger partial charge in [0.05, 0.1) is 5.52 Å². The zero-order valence-corrected chi connectivity index (χ0v) is 16.7. The highest BCUT2D eigenvalue weighted by Gasteiger charge is 2.22. The van der Waals surface area contributed by atoms with E-state index in [9.17, 15) is 4.79 Å². The maximum Gasteiger partial charge on any atom is 0.272 e. The number of aromatic amines is 1. The Morgan fingerprint density at radius 3 is 2.96 bits per heavy atom. The number of hydrogen-bond acceptors (Lipinski definition) is 6. The highest BCUT2D eigenvalue weighted by Crippen LogP contribution is 2.19. The first-order valence-electron chi connectivity index (χ1n) is 9.51. The van der Waals surface area contributed by atoms with Crippen LogP contribution >= 0.6 is 11.8 Å². The van der Waals surface area contributed by atoms with Crippen LogP contribution in [-0.4, -0.2) is 56.9 Å². The molecule has 3 aromatic rings. The summed E-state index contributed by atoms with van der Waals surface area (Å²) >= 11 is 1.55. The minimum Gasteiger partial charge on any atom is -0.350 e. The summed E-state index contributed by atoms with van der Waals surface area (Å²) in [6.07, 6.45) is 8.06. The Morgan fingerprint density at radius 2 is 2.14 bits per heavy atom. The van der Waals surface area contributed by atoms with Crippen LogP contribution < -0.4 is 5.32 Å². The SMILES string of the molecule is CSc1ncc(CN2CCC[C@H](CNC(=O)c3n[nH]c4ccccc34)C2)cn1. The molecule has 1 fully saturated rings. The third-order valence-electron chi connectivity index (χ3n) is 5.11. The predicted octanol–water partition coefficient (Wildman–Crippen LogP) is 2.72. The van der Waals surface area contributed by atoms with Gasteiger partial charge in [0.2, 0.25) is 0 Å². The molecule has 0 bridgehead atoms. The van der Waals surface area contributed by atoms with Gasteiger partial charge in [-0.15, -0.1) is 0 Å². The number of likely N-dealkylation sites (tertiary alicyclic amines) is 1. The van der Waals surface area contributed by atoms with E-state index in [-0.39, 0.29) is 5.91 Å². The molecule has 1 saturated heterocycles. The van der Waals surface area contributed by atoms with E-state index in [1.807, 2.05) is 42.9 Å². The highest BCUT2D eigenvalue weighted by molar-refractivity contribution is 7.98. The molecular formula is C20H24N6OS. The van der Waals surface area contributed by atoms with E-state index in [4.69, 9.17) is 0 Å². The third kappa shape index (κ3) is 4.34. The van der Waals surface area contributed by atoms with Crippen molar-refractivity contribution in [2.24, 2.45) is 5.92 Å². The van der Waals surface area contributed by atoms with Gasteiger partial charge in [0, 0.05) is 43.0 Å². The fourth-order valence-electron chi connectivity index (χ4n) is 3.71. The fraction of sp³-hybridized carbons (Fsp3) is 0.400. The second-order valence-corrected chi connectivity index (χ2v) is 7.92. The lowest BCUT2D eigenvalue weighted by Crippen LogP contribution is -2.40. The van der Waals surface area contributed by atoms with Crippen LogP contribution in [0, 0.1) is 5.92 Å². The molecule has 146 valence electrons. The van der Waals surface area contributed by atoms with Crippen LogP contribution in [0.25, 0.3) is 10.9 Å². The molecule has 7 nitrogen and oxygen atoms in total. The van der Waals surface area contributed by atoms with Gasteiger partial charge in [-0.05, 0) is 37.6 Å². The first-order valence-corrected chi connectivity index (χ1v) is 10.7. The standard InChI is InChI=1S/C20H24N6OS/c1-28-20-22-10-15(11-23-20)13-26-8-4-5-14(12-26)9-21-19(27)18-16-6-2-3-7-17(16)24-25-18/h2-3,6-7,10-11,14H,4-5,8-9,12-13H2,1H3,(H,21,27)(H,24,25)/t14-/m1/s1. The van der Waals surface area contributed by atoms with Crippen molar-refractivity contribution in [2.75, 3.05) is 25.9 Å². The van der Waals surface area contributed by atoms with Crippen molar-refractivity contribution in [3.63, 3.8) is 0 Å². The number of benzene rings is 1. The molecule has 0 saturated carbocycles. The number of H-pyrrole nitrogens is 1. The smallest absolute Gasteiger partial charge is 0.272 e. The fourth-order valence-corrected chi connectivity index (χ4v) is 4.02. The number of carbonyl (C=O) groups is 1. The van der Waals surface area contributed by atoms with Crippen molar-refractivity contribution in [1.29, 1.82) is 0 Å². The number of aromatic nitrogens is 4. The zero-order chi connectivity index (χ0) is 19.3. The summed E-state index contributed by atoms with van der Waals surface area (Å²) in [7, 11) is 0. The Bertz CT molecular complexity index is 941. The molecule has 1 aliphatic heterocycles. The van der Waals surface area contributed by atoms with E-state index in [0.29, 0.717) is 18.2 Å². The Kier molecular flexibility index (Phi) is 5.87. The number of nitrogens with one attached hydrogen (secondary N) is 2. The number of piperidine rings is 1. The molecule has 0 aliphatic carbocycles. The monoisotopic (exact) mass is 396 g/mol. The topological polar surface area (TPSA) is 86.8 Å². The quantitative estimate of drug-likeness (QED) is 0.492. The van der Waals surface area contributed by atoms with Gasteiger partial charge >= 0.3 is 0 Å². The number of carbonyl (C=O) groups excluding carboxylic acids is 1. The average molecular weight is 397 g/mol. The predicted molar refractivity (Wildman–Crippen MR) is 110 cm³/mol. The van der Waals surface area contributed by atoms with Crippen LogP contribution in [0.2, 0.25) is 0 Å². The molecule has 1 aromatic carbocycles. The third-order valence-corrected chi connectivity index (χ3v) is 5.69. The molecule has 28 heavy (non-hydrogen) atoms. The molecule has 2 N–H and O–H groups in total. The summed E-state index contributed by atoms with van der Waals surface area (Å²) in [6.45, 7) is 3.55. The number of hydrogen-bond donors (Lipinski definition) is 2. The van der Waals surface area contributed by atoms with Crippen LogP contribution in [-0.2, 0) is 6.54 Å². The first-order chi connectivity index (χ1) is 13.7. The summed E-state index contributed by atoms with van der Waals surface area (Å²) < 4.78 is 0. The number of amides is 1. The summed E-state index contributed by atoms with van der Waals surface area (Å²) in [5.74, 6) is 0.324. The molecule has 1 amide bonds.